The van der Waals surface area contributed by atoms with Crippen molar-refractivity contribution < 1.29 is 34.1 Å². The van der Waals surface area contributed by atoms with Gasteiger partial charge in [-0.15, -0.1) is 23.5 Å². The number of nitrogens with zero attached hydrogens (tertiary/aromatic N) is 2. The molecule has 2 rings (SSSR count). The van der Waals surface area contributed by atoms with Crippen LogP contribution < -0.4 is 0 Å². The minimum atomic E-state index is -1.25. The van der Waals surface area contributed by atoms with Crippen molar-refractivity contribution in [2.24, 2.45) is 0 Å². The molecule has 2 aromatic rings. The summed E-state index contributed by atoms with van der Waals surface area (Å²) in [6, 6.07) is 12.5. The summed E-state index contributed by atoms with van der Waals surface area (Å²) < 4.78 is 0. The maximum atomic E-state index is 4.54. The SMILES string of the molecule is C[Si](C)(C)[C-](c1ccccn1)[Si](C)(C)C.C[Si](C)(C)[C-](c1ccccn1)[Si](C)(C)C.[Cu+].[Cu+]. The van der Waals surface area contributed by atoms with Crippen molar-refractivity contribution in [1.29, 1.82) is 0 Å². The summed E-state index contributed by atoms with van der Waals surface area (Å²) >= 11 is 0. The zero-order valence-corrected chi connectivity index (χ0v) is 28.0. The Morgan fingerprint density at radius 2 is 0.719 bits per heavy atom. The molecule has 0 spiro atoms. The maximum absolute atomic E-state index is 4.54. The van der Waals surface area contributed by atoms with Crippen LogP contribution in [0.2, 0.25) is 78.6 Å². The summed E-state index contributed by atoms with van der Waals surface area (Å²) in [6.45, 7) is 29.1. The van der Waals surface area contributed by atoms with Crippen LogP contribution in [0, 0.1) is 10.3 Å². The van der Waals surface area contributed by atoms with Gasteiger partial charge in [0.05, 0.1) is 0 Å². The monoisotopic (exact) mass is 598 g/mol. The number of pyridine rings is 2. The summed E-state index contributed by atoms with van der Waals surface area (Å²) in [5.74, 6) is 0. The average Bonchev–Trinajstić information content (AvgIpc) is 2.52. The average molecular weight is 600 g/mol. The van der Waals surface area contributed by atoms with E-state index in [0.29, 0.717) is 0 Å². The predicted octanol–water partition coefficient (Wildman–Crippen LogP) is 7.51. The van der Waals surface area contributed by atoms with Crippen LogP contribution in [0.5, 0.6) is 0 Å². The van der Waals surface area contributed by atoms with Crippen LogP contribution in [0.4, 0.5) is 0 Å². The minimum absolute atomic E-state index is 0. The molecule has 0 fully saturated rings. The minimum Gasteiger partial charge on any atom is -0.296 e. The zero-order chi connectivity index (χ0) is 23.4. The first-order valence-corrected chi connectivity index (χ1v) is 25.0. The third-order valence-corrected chi connectivity index (χ3v) is 20.9. The molecule has 188 valence electrons. The van der Waals surface area contributed by atoms with Gasteiger partial charge in [-0.05, 0) is 32.3 Å². The fourth-order valence-electron chi connectivity index (χ4n) is 4.81. The third-order valence-electron chi connectivity index (χ3n) is 4.84. The molecule has 2 heterocycles. The molecule has 0 aliphatic rings. The molecule has 0 aromatic carbocycles. The first kappa shape index (κ1) is 34.1. The second kappa shape index (κ2) is 13.1. The normalized spacial score (nSPS) is 11.9. The van der Waals surface area contributed by atoms with Crippen molar-refractivity contribution in [3.05, 3.63) is 70.5 Å². The van der Waals surface area contributed by atoms with E-state index in [9.17, 15) is 0 Å². The smallest absolute Gasteiger partial charge is 0.296 e. The van der Waals surface area contributed by atoms with Crippen molar-refractivity contribution >= 4 is 32.3 Å². The van der Waals surface area contributed by atoms with E-state index >= 15 is 0 Å². The van der Waals surface area contributed by atoms with Crippen molar-refractivity contribution in [3.63, 3.8) is 0 Å². The van der Waals surface area contributed by atoms with Gasteiger partial charge in [-0.2, -0.15) is 22.5 Å². The van der Waals surface area contributed by atoms with Crippen LogP contribution in [0.3, 0.4) is 0 Å². The molecule has 0 unspecified atom stereocenters. The third kappa shape index (κ3) is 10.9. The molecule has 0 radical (unpaired) electrons. The molecule has 0 saturated carbocycles. The number of hydrogen-bond donors (Lipinski definition) is 0. The number of hydrogen-bond acceptors (Lipinski definition) is 2. The zero-order valence-electron chi connectivity index (χ0n) is 22.1. The van der Waals surface area contributed by atoms with Crippen LogP contribution in [-0.4, -0.2) is 42.3 Å². The molecular formula is C24H44Cu2N2Si4. The molecule has 0 aliphatic carbocycles. The second-order valence-electron chi connectivity index (χ2n) is 12.2. The van der Waals surface area contributed by atoms with Gasteiger partial charge in [0.2, 0.25) is 0 Å². The number of rotatable bonds is 6. The molecule has 0 bridgehead atoms. The van der Waals surface area contributed by atoms with Crippen molar-refractivity contribution in [2.75, 3.05) is 0 Å². The van der Waals surface area contributed by atoms with Crippen LogP contribution in [0.25, 0.3) is 0 Å². The molecule has 0 N–H and O–H groups in total. The fraction of sp³-hybridized carbons (Fsp3) is 0.500. The molecule has 8 heteroatoms. The van der Waals surface area contributed by atoms with Gasteiger partial charge in [0, 0.05) is 12.4 Å². The molecule has 2 aromatic heterocycles. The van der Waals surface area contributed by atoms with Crippen LogP contribution in [-0.2, 0) is 34.1 Å². The van der Waals surface area contributed by atoms with Gasteiger partial charge in [0.15, 0.2) is 0 Å². The van der Waals surface area contributed by atoms with E-state index in [1.165, 1.54) is 11.4 Å². The summed E-state index contributed by atoms with van der Waals surface area (Å²) in [6.07, 6.45) is 3.82. The Morgan fingerprint density at radius 1 is 0.469 bits per heavy atom. The van der Waals surface area contributed by atoms with E-state index in [-0.39, 0.29) is 34.1 Å². The molecule has 0 saturated heterocycles. The molecule has 0 atom stereocenters. The molecule has 32 heavy (non-hydrogen) atoms. The van der Waals surface area contributed by atoms with E-state index in [4.69, 9.17) is 0 Å². The topological polar surface area (TPSA) is 25.8 Å². The molecular weight excluding hydrogens is 556 g/mol. The Bertz CT molecular complexity index is 668. The van der Waals surface area contributed by atoms with Crippen molar-refractivity contribution in [1.82, 2.24) is 9.97 Å². The first-order valence-electron chi connectivity index (χ1n) is 11.0. The Morgan fingerprint density at radius 3 is 0.875 bits per heavy atom. The van der Waals surface area contributed by atoms with Gasteiger partial charge >= 0.3 is 34.1 Å². The summed E-state index contributed by atoms with van der Waals surface area (Å²) in [7, 11) is -4.99. The molecule has 0 aliphatic heterocycles. The van der Waals surface area contributed by atoms with E-state index in [1.54, 1.807) is 10.3 Å². The maximum Gasteiger partial charge on any atom is 1.00 e. The Labute approximate surface area is 224 Å². The van der Waals surface area contributed by atoms with Crippen LogP contribution in [0.15, 0.2) is 48.8 Å². The molecule has 2 nitrogen and oxygen atoms in total. The van der Waals surface area contributed by atoms with Gasteiger partial charge in [-0.1, -0.05) is 90.7 Å². The standard InChI is InChI=1S/2C12H22NSi2.2Cu/c2*1-14(2,3)12(15(4,5)6)11-9-7-8-10-13-11;;/h2*7-10H,1-6H3;;/q2*-1;2*+1. The fourth-order valence-corrected chi connectivity index (χ4v) is 26.5. The number of aromatic nitrogens is 2. The van der Waals surface area contributed by atoms with Crippen molar-refractivity contribution in [2.45, 2.75) is 78.6 Å². The van der Waals surface area contributed by atoms with Gasteiger partial charge in [0.25, 0.3) is 0 Å². The second-order valence-corrected chi connectivity index (χ2v) is 33.2. The Balaban J connectivity index is 0. The largest absolute Gasteiger partial charge is 1.00 e. The van der Waals surface area contributed by atoms with Gasteiger partial charge < -0.3 is 0 Å². The summed E-state index contributed by atoms with van der Waals surface area (Å²) in [4.78, 5) is 9.09. The van der Waals surface area contributed by atoms with Gasteiger partial charge in [0.1, 0.15) is 0 Å². The van der Waals surface area contributed by atoms with Gasteiger partial charge in [-0.3, -0.25) is 9.97 Å². The summed E-state index contributed by atoms with van der Waals surface area (Å²) in [5.41, 5.74) is 2.49. The Kier molecular flexibility index (Phi) is 14.0. The van der Waals surface area contributed by atoms with E-state index in [1.807, 2.05) is 24.5 Å². The van der Waals surface area contributed by atoms with Crippen LogP contribution >= 0.6 is 0 Å². The van der Waals surface area contributed by atoms with E-state index < -0.39 is 32.3 Å². The predicted molar refractivity (Wildman–Crippen MR) is 147 cm³/mol. The summed E-state index contributed by atoms with van der Waals surface area (Å²) in [5, 5.41) is 3.38. The van der Waals surface area contributed by atoms with Crippen molar-refractivity contribution in [3.8, 4) is 0 Å². The van der Waals surface area contributed by atoms with Crippen LogP contribution in [0.1, 0.15) is 11.4 Å². The Hall–Kier alpha value is -0.0535. The first-order chi connectivity index (χ1) is 13.5. The van der Waals surface area contributed by atoms with E-state index in [2.05, 4.69) is 113 Å². The van der Waals surface area contributed by atoms with Gasteiger partial charge in [-0.25, -0.2) is 0 Å². The quantitative estimate of drug-likeness (QED) is 0.254. The van der Waals surface area contributed by atoms with E-state index in [0.717, 1.165) is 0 Å². The molecule has 0 amide bonds.